The number of hydrogen-bond donors (Lipinski definition) is 2. The lowest BCUT2D eigenvalue weighted by molar-refractivity contribution is -0.133. The van der Waals surface area contributed by atoms with Crippen molar-refractivity contribution in [2.45, 2.75) is 38.6 Å². The number of esters is 1. The van der Waals surface area contributed by atoms with Gasteiger partial charge in [0.2, 0.25) is 12.7 Å². The first-order valence-corrected chi connectivity index (χ1v) is 12.1. The van der Waals surface area contributed by atoms with E-state index in [2.05, 4.69) is 17.6 Å². The summed E-state index contributed by atoms with van der Waals surface area (Å²) >= 11 is 1.34. The Kier molecular flexibility index (Phi) is 5.66. The number of anilines is 1. The molecule has 0 spiro atoms. The van der Waals surface area contributed by atoms with Gasteiger partial charge in [-0.3, -0.25) is 14.5 Å². The number of hydrogen-bond acceptors (Lipinski definition) is 8. The molecule has 3 heterocycles. The van der Waals surface area contributed by atoms with Gasteiger partial charge in [0.15, 0.2) is 11.5 Å². The third kappa shape index (κ3) is 3.89. The number of benzene rings is 1. The van der Waals surface area contributed by atoms with Crippen LogP contribution in [0, 0.1) is 5.92 Å². The standard InChI is InChI=1S/C24H25N3O7S/c1-12-4-6-14-17(8-12)35-20(19(14)21(29)32-3)25-18(28)10-27-22(30)24(2,26-23(27)31)13-5-7-15-16(9-13)34-11-33-15/h5,7,9,12H,4,6,8,10-11H2,1-3H3,(H,25,28)(H,26,31)/t12-,24+/m0/s1. The van der Waals surface area contributed by atoms with Gasteiger partial charge >= 0.3 is 12.0 Å². The van der Waals surface area contributed by atoms with E-state index < -0.39 is 35.9 Å². The molecule has 0 radical (unpaired) electrons. The van der Waals surface area contributed by atoms with Crippen molar-refractivity contribution in [1.29, 1.82) is 0 Å². The van der Waals surface area contributed by atoms with Crippen LogP contribution in [0.5, 0.6) is 11.5 Å². The predicted molar refractivity (Wildman–Crippen MR) is 126 cm³/mol. The van der Waals surface area contributed by atoms with Gasteiger partial charge in [0.05, 0.1) is 12.7 Å². The minimum absolute atomic E-state index is 0.0841. The molecule has 35 heavy (non-hydrogen) atoms. The zero-order chi connectivity index (χ0) is 24.9. The van der Waals surface area contributed by atoms with Gasteiger partial charge in [0.1, 0.15) is 17.1 Å². The molecule has 2 atom stereocenters. The van der Waals surface area contributed by atoms with Crippen molar-refractivity contribution in [2.24, 2.45) is 5.92 Å². The molecule has 0 bridgehead atoms. The molecule has 10 nitrogen and oxygen atoms in total. The van der Waals surface area contributed by atoms with Crippen LogP contribution < -0.4 is 20.1 Å². The van der Waals surface area contributed by atoms with Gasteiger partial charge in [0.25, 0.3) is 5.91 Å². The number of carbonyl (C=O) groups is 4. The number of rotatable bonds is 5. The van der Waals surface area contributed by atoms with Gasteiger partial charge in [-0.05, 0) is 55.4 Å². The number of fused-ring (bicyclic) bond motifs is 2. The Bertz CT molecular complexity index is 1260. The molecule has 1 fully saturated rings. The van der Waals surface area contributed by atoms with E-state index in [-0.39, 0.29) is 6.79 Å². The molecule has 2 aromatic rings. The summed E-state index contributed by atoms with van der Waals surface area (Å²) in [5.74, 6) is -0.148. The summed E-state index contributed by atoms with van der Waals surface area (Å²) in [5.41, 5.74) is 0.403. The Morgan fingerprint density at radius 3 is 2.83 bits per heavy atom. The summed E-state index contributed by atoms with van der Waals surface area (Å²) in [6.07, 6.45) is 2.50. The van der Waals surface area contributed by atoms with Gasteiger partial charge < -0.3 is 24.8 Å². The van der Waals surface area contributed by atoms with Crippen molar-refractivity contribution >= 4 is 40.2 Å². The maximum atomic E-state index is 13.3. The highest BCUT2D eigenvalue weighted by atomic mass is 32.1. The van der Waals surface area contributed by atoms with Crippen molar-refractivity contribution in [3.63, 3.8) is 0 Å². The van der Waals surface area contributed by atoms with Crippen molar-refractivity contribution in [1.82, 2.24) is 10.2 Å². The largest absolute Gasteiger partial charge is 0.465 e. The van der Waals surface area contributed by atoms with E-state index in [4.69, 9.17) is 14.2 Å². The summed E-state index contributed by atoms with van der Waals surface area (Å²) in [5, 5.41) is 5.80. The lowest BCUT2D eigenvalue weighted by atomic mass is 9.88. The van der Waals surface area contributed by atoms with Crippen molar-refractivity contribution in [2.75, 3.05) is 25.8 Å². The second-order valence-electron chi connectivity index (χ2n) is 9.11. The van der Waals surface area contributed by atoms with E-state index in [0.29, 0.717) is 33.5 Å². The number of nitrogens with zero attached hydrogens (tertiary/aromatic N) is 1. The summed E-state index contributed by atoms with van der Waals surface area (Å²) in [4.78, 5) is 53.3. The van der Waals surface area contributed by atoms with Crippen molar-refractivity contribution < 1.29 is 33.4 Å². The topological polar surface area (TPSA) is 123 Å². The molecular weight excluding hydrogens is 474 g/mol. The Morgan fingerprint density at radius 1 is 1.29 bits per heavy atom. The van der Waals surface area contributed by atoms with Crippen LogP contribution in [-0.4, -0.2) is 49.2 Å². The van der Waals surface area contributed by atoms with Gasteiger partial charge in [-0.1, -0.05) is 13.0 Å². The molecule has 1 saturated heterocycles. The minimum Gasteiger partial charge on any atom is -0.465 e. The van der Waals surface area contributed by atoms with E-state index in [0.717, 1.165) is 34.6 Å². The maximum absolute atomic E-state index is 13.3. The predicted octanol–water partition coefficient (Wildman–Crippen LogP) is 2.79. The summed E-state index contributed by atoms with van der Waals surface area (Å²) in [7, 11) is 1.30. The van der Waals surface area contributed by atoms with E-state index in [1.54, 1.807) is 25.1 Å². The molecule has 1 aromatic heterocycles. The molecule has 5 rings (SSSR count). The lowest BCUT2D eigenvalue weighted by Crippen LogP contribution is -2.42. The Morgan fingerprint density at radius 2 is 2.06 bits per heavy atom. The molecule has 4 amide bonds. The van der Waals surface area contributed by atoms with E-state index in [1.807, 2.05) is 0 Å². The van der Waals surface area contributed by atoms with Gasteiger partial charge in [-0.2, -0.15) is 0 Å². The van der Waals surface area contributed by atoms with Crippen molar-refractivity contribution in [3.05, 3.63) is 39.8 Å². The molecule has 2 aliphatic heterocycles. The number of carbonyl (C=O) groups excluding carboxylic acids is 4. The number of imide groups is 1. The highest BCUT2D eigenvalue weighted by Gasteiger charge is 2.50. The normalized spacial score (nSPS) is 22.6. The average molecular weight is 500 g/mol. The second kappa shape index (κ2) is 8.56. The highest BCUT2D eigenvalue weighted by Crippen LogP contribution is 2.40. The van der Waals surface area contributed by atoms with Crippen LogP contribution in [0.2, 0.25) is 0 Å². The third-order valence-electron chi connectivity index (χ3n) is 6.68. The zero-order valence-electron chi connectivity index (χ0n) is 19.6. The van der Waals surface area contributed by atoms with Crippen LogP contribution in [0.1, 0.15) is 46.6 Å². The summed E-state index contributed by atoms with van der Waals surface area (Å²) in [6.45, 7) is 3.31. The van der Waals surface area contributed by atoms with E-state index >= 15 is 0 Å². The minimum atomic E-state index is -1.37. The second-order valence-corrected chi connectivity index (χ2v) is 10.2. The lowest BCUT2D eigenvalue weighted by Gasteiger charge is -2.22. The smallest absolute Gasteiger partial charge is 0.341 e. The number of urea groups is 1. The molecule has 1 aromatic carbocycles. The first-order valence-electron chi connectivity index (χ1n) is 11.3. The third-order valence-corrected chi connectivity index (χ3v) is 7.85. The SMILES string of the molecule is COC(=O)c1c(NC(=O)CN2C(=O)N[C@](C)(c3ccc4c(c3)OCO4)C2=O)sc2c1CC[C@H](C)C2. The zero-order valence-corrected chi connectivity index (χ0v) is 20.4. The highest BCUT2D eigenvalue weighted by molar-refractivity contribution is 7.17. The molecule has 11 heteroatoms. The number of ether oxygens (including phenoxy) is 3. The first kappa shape index (κ1) is 23.2. The molecule has 3 aliphatic rings. The number of nitrogens with one attached hydrogen (secondary N) is 2. The first-order chi connectivity index (χ1) is 16.7. The fourth-order valence-electron chi connectivity index (χ4n) is 4.71. The van der Waals surface area contributed by atoms with Gasteiger partial charge in [-0.15, -0.1) is 11.3 Å². The monoisotopic (exact) mass is 499 g/mol. The number of amides is 4. The van der Waals surface area contributed by atoms with Crippen LogP contribution in [0.4, 0.5) is 9.80 Å². The molecular formula is C24H25N3O7S. The van der Waals surface area contributed by atoms with Crippen LogP contribution in [-0.2, 0) is 32.7 Å². The fraction of sp³-hybridized carbons (Fsp3) is 0.417. The molecule has 0 unspecified atom stereocenters. The van der Waals surface area contributed by atoms with E-state index in [1.165, 1.54) is 18.4 Å². The quantitative estimate of drug-likeness (QED) is 0.479. The van der Waals surface area contributed by atoms with Crippen molar-refractivity contribution in [3.8, 4) is 11.5 Å². The average Bonchev–Trinajstić information content (AvgIpc) is 3.49. The maximum Gasteiger partial charge on any atom is 0.341 e. The fourth-order valence-corrected chi connectivity index (χ4v) is 6.13. The van der Waals surface area contributed by atoms with Crippen LogP contribution in [0.15, 0.2) is 18.2 Å². The molecule has 0 saturated carbocycles. The number of methoxy groups -OCH3 is 1. The van der Waals surface area contributed by atoms with Gasteiger partial charge in [0, 0.05) is 4.88 Å². The number of thiophene rings is 1. The van der Waals surface area contributed by atoms with Crippen LogP contribution >= 0.6 is 11.3 Å². The van der Waals surface area contributed by atoms with Crippen LogP contribution in [0.3, 0.4) is 0 Å². The summed E-state index contributed by atoms with van der Waals surface area (Å²) in [6, 6.07) is 4.31. The molecule has 1 aliphatic carbocycles. The molecule has 2 N–H and O–H groups in total. The van der Waals surface area contributed by atoms with E-state index in [9.17, 15) is 19.2 Å². The van der Waals surface area contributed by atoms with Gasteiger partial charge in [-0.25, -0.2) is 9.59 Å². The van der Waals surface area contributed by atoms with Crippen LogP contribution in [0.25, 0.3) is 0 Å². The Balaban J connectivity index is 1.35. The Hall–Kier alpha value is -3.60. The Labute approximate surface area is 205 Å². The molecule has 184 valence electrons. The summed E-state index contributed by atoms with van der Waals surface area (Å²) < 4.78 is 15.6.